The van der Waals surface area contributed by atoms with Gasteiger partial charge in [-0.05, 0) is 13.0 Å². The van der Waals surface area contributed by atoms with E-state index in [9.17, 15) is 5.11 Å². The molecule has 0 fully saturated rings. The molecule has 60 valence electrons. The van der Waals surface area contributed by atoms with Gasteiger partial charge in [0.2, 0.25) is 0 Å². The van der Waals surface area contributed by atoms with Crippen LogP contribution in [0, 0.1) is 6.92 Å². The highest BCUT2D eigenvalue weighted by Crippen LogP contribution is 2.37. The zero-order valence-electron chi connectivity index (χ0n) is 5.66. The number of halogens is 3. The molecule has 0 heterocycles. The van der Waals surface area contributed by atoms with Crippen LogP contribution in [0.25, 0.3) is 0 Å². The van der Waals surface area contributed by atoms with E-state index in [0.717, 1.165) is 0 Å². The van der Waals surface area contributed by atoms with Crippen LogP contribution in [0.4, 0.5) is 0 Å². The Bertz CT molecular complexity index is 270. The van der Waals surface area contributed by atoms with E-state index in [1.165, 1.54) is 6.07 Å². The lowest BCUT2D eigenvalue weighted by atomic mass is 10.2. The average molecular weight is 211 g/mol. The van der Waals surface area contributed by atoms with Crippen molar-refractivity contribution in [3.05, 3.63) is 26.7 Å². The SMILES string of the molecule is Cc1c(O)c(Cl)cc(Cl)c1Cl. The van der Waals surface area contributed by atoms with Crippen molar-refractivity contribution < 1.29 is 5.11 Å². The molecule has 0 spiro atoms. The smallest absolute Gasteiger partial charge is 0.138 e. The predicted molar refractivity (Wildman–Crippen MR) is 47.9 cm³/mol. The van der Waals surface area contributed by atoms with Gasteiger partial charge in [0.1, 0.15) is 5.75 Å². The third-order valence-electron chi connectivity index (χ3n) is 1.37. The number of hydrogen-bond donors (Lipinski definition) is 1. The third kappa shape index (κ3) is 1.56. The van der Waals surface area contributed by atoms with Crippen LogP contribution in [0.2, 0.25) is 15.1 Å². The summed E-state index contributed by atoms with van der Waals surface area (Å²) in [5.41, 5.74) is 0.504. The van der Waals surface area contributed by atoms with Gasteiger partial charge in [0.25, 0.3) is 0 Å². The van der Waals surface area contributed by atoms with Gasteiger partial charge in [-0.2, -0.15) is 0 Å². The number of rotatable bonds is 0. The number of benzene rings is 1. The first-order valence-corrected chi connectivity index (χ1v) is 4.00. The molecular weight excluding hydrogens is 206 g/mol. The quantitative estimate of drug-likeness (QED) is 0.649. The summed E-state index contributed by atoms with van der Waals surface area (Å²) in [5.74, 6) is -0.0129. The molecule has 1 aromatic rings. The van der Waals surface area contributed by atoms with Gasteiger partial charge in [-0.3, -0.25) is 0 Å². The maximum Gasteiger partial charge on any atom is 0.138 e. The van der Waals surface area contributed by atoms with Crippen LogP contribution >= 0.6 is 34.8 Å². The van der Waals surface area contributed by atoms with E-state index in [0.29, 0.717) is 15.6 Å². The fourth-order valence-electron chi connectivity index (χ4n) is 0.705. The standard InChI is InChI=1S/C7H5Cl3O/c1-3-6(10)4(8)2-5(9)7(3)11/h2,11H,1H3. The van der Waals surface area contributed by atoms with Crippen LogP contribution in [-0.4, -0.2) is 5.11 Å². The average Bonchev–Trinajstić information content (AvgIpc) is 1.97. The van der Waals surface area contributed by atoms with Gasteiger partial charge in [0.05, 0.1) is 15.1 Å². The summed E-state index contributed by atoms with van der Waals surface area (Å²) in [6.45, 7) is 1.65. The minimum atomic E-state index is -0.0129. The molecule has 0 saturated carbocycles. The van der Waals surface area contributed by atoms with E-state index in [4.69, 9.17) is 34.8 Å². The normalized spacial score (nSPS) is 10.2. The monoisotopic (exact) mass is 210 g/mol. The summed E-state index contributed by atoms with van der Waals surface area (Å²) in [4.78, 5) is 0. The van der Waals surface area contributed by atoms with E-state index in [1.807, 2.05) is 0 Å². The summed E-state index contributed by atoms with van der Waals surface area (Å²) < 4.78 is 0. The number of hydrogen-bond acceptors (Lipinski definition) is 1. The number of aromatic hydroxyl groups is 1. The summed E-state index contributed by atoms with van der Waals surface area (Å²) in [6, 6.07) is 1.41. The Hall–Kier alpha value is -0.110. The van der Waals surface area contributed by atoms with Gasteiger partial charge in [-0.1, -0.05) is 34.8 Å². The third-order valence-corrected chi connectivity index (χ3v) is 2.54. The van der Waals surface area contributed by atoms with Gasteiger partial charge >= 0.3 is 0 Å². The second-order valence-electron chi connectivity index (χ2n) is 2.13. The first-order valence-electron chi connectivity index (χ1n) is 2.87. The van der Waals surface area contributed by atoms with Gasteiger partial charge < -0.3 is 5.11 Å². The molecule has 0 aliphatic rings. The van der Waals surface area contributed by atoms with Crippen molar-refractivity contribution in [1.82, 2.24) is 0 Å². The molecule has 1 nitrogen and oxygen atoms in total. The Morgan fingerprint density at radius 3 is 2.27 bits per heavy atom. The first kappa shape index (κ1) is 8.98. The second-order valence-corrected chi connectivity index (χ2v) is 3.32. The Balaban J connectivity index is 3.46. The summed E-state index contributed by atoms with van der Waals surface area (Å²) in [5, 5.41) is 10.2. The van der Waals surface area contributed by atoms with Gasteiger partial charge in [-0.15, -0.1) is 0 Å². The molecule has 11 heavy (non-hydrogen) atoms. The summed E-state index contributed by atoms with van der Waals surface area (Å²) in [6.07, 6.45) is 0. The largest absolute Gasteiger partial charge is 0.506 e. The molecule has 0 unspecified atom stereocenters. The minimum absolute atomic E-state index is 0.0129. The molecule has 1 rings (SSSR count). The number of phenols is 1. The molecule has 0 aliphatic heterocycles. The Morgan fingerprint density at radius 1 is 1.18 bits per heavy atom. The van der Waals surface area contributed by atoms with E-state index in [1.54, 1.807) is 6.92 Å². The second kappa shape index (κ2) is 3.10. The van der Waals surface area contributed by atoms with E-state index in [-0.39, 0.29) is 10.8 Å². The molecule has 0 atom stereocenters. The molecule has 0 aromatic heterocycles. The Kier molecular flexibility index (Phi) is 2.53. The van der Waals surface area contributed by atoms with Crippen molar-refractivity contribution in [2.75, 3.05) is 0 Å². The molecule has 0 amide bonds. The maximum absolute atomic E-state index is 9.24. The summed E-state index contributed by atoms with van der Waals surface area (Å²) in [7, 11) is 0. The van der Waals surface area contributed by atoms with Crippen molar-refractivity contribution >= 4 is 34.8 Å². The van der Waals surface area contributed by atoms with Crippen LogP contribution in [-0.2, 0) is 0 Å². The fourth-order valence-corrected chi connectivity index (χ4v) is 1.41. The van der Waals surface area contributed by atoms with E-state index < -0.39 is 0 Å². The Labute approximate surface area is 79.5 Å². The molecule has 0 radical (unpaired) electrons. The highest BCUT2D eigenvalue weighted by molar-refractivity contribution is 6.44. The minimum Gasteiger partial charge on any atom is -0.506 e. The van der Waals surface area contributed by atoms with Crippen molar-refractivity contribution in [2.24, 2.45) is 0 Å². The van der Waals surface area contributed by atoms with Crippen LogP contribution < -0.4 is 0 Å². The van der Waals surface area contributed by atoms with Crippen LogP contribution in [0.15, 0.2) is 6.07 Å². The highest BCUT2D eigenvalue weighted by Gasteiger charge is 2.09. The molecule has 1 N–H and O–H groups in total. The van der Waals surface area contributed by atoms with Gasteiger partial charge in [0.15, 0.2) is 0 Å². The molecule has 1 aromatic carbocycles. The summed E-state index contributed by atoms with van der Waals surface area (Å²) >= 11 is 17.0. The van der Waals surface area contributed by atoms with E-state index >= 15 is 0 Å². The molecule has 0 aliphatic carbocycles. The van der Waals surface area contributed by atoms with Crippen LogP contribution in [0.3, 0.4) is 0 Å². The van der Waals surface area contributed by atoms with E-state index in [2.05, 4.69) is 0 Å². The van der Waals surface area contributed by atoms with Crippen molar-refractivity contribution in [1.29, 1.82) is 0 Å². The lowest BCUT2D eigenvalue weighted by molar-refractivity contribution is 0.471. The lowest BCUT2D eigenvalue weighted by Crippen LogP contribution is -1.79. The van der Waals surface area contributed by atoms with Crippen LogP contribution in [0.5, 0.6) is 5.75 Å². The van der Waals surface area contributed by atoms with Crippen molar-refractivity contribution in [2.45, 2.75) is 6.92 Å². The van der Waals surface area contributed by atoms with Crippen molar-refractivity contribution in [3.8, 4) is 5.75 Å². The maximum atomic E-state index is 9.24. The lowest BCUT2D eigenvalue weighted by Gasteiger charge is -2.04. The first-order chi connectivity index (χ1) is 5.04. The number of phenolic OH excluding ortho intramolecular Hbond substituents is 1. The van der Waals surface area contributed by atoms with Gasteiger partial charge in [0, 0.05) is 5.56 Å². The zero-order chi connectivity index (χ0) is 8.59. The molecule has 4 heteroatoms. The molecule has 0 bridgehead atoms. The van der Waals surface area contributed by atoms with Crippen molar-refractivity contribution in [3.63, 3.8) is 0 Å². The fraction of sp³-hybridized carbons (Fsp3) is 0.143. The van der Waals surface area contributed by atoms with Crippen LogP contribution in [0.1, 0.15) is 5.56 Å². The molecular formula is C7H5Cl3O. The Morgan fingerprint density at radius 2 is 1.73 bits per heavy atom. The topological polar surface area (TPSA) is 20.2 Å². The zero-order valence-corrected chi connectivity index (χ0v) is 7.93. The molecule has 0 saturated heterocycles. The predicted octanol–water partition coefficient (Wildman–Crippen LogP) is 3.66. The highest BCUT2D eigenvalue weighted by atomic mass is 35.5. The van der Waals surface area contributed by atoms with Gasteiger partial charge in [-0.25, -0.2) is 0 Å².